The zero-order valence-corrected chi connectivity index (χ0v) is 18.8. The van der Waals surface area contributed by atoms with Gasteiger partial charge in [-0.05, 0) is 35.9 Å². The molecule has 192 valence electrons. The van der Waals surface area contributed by atoms with Crippen molar-refractivity contribution in [2.75, 3.05) is 5.32 Å². The van der Waals surface area contributed by atoms with E-state index in [2.05, 4.69) is 30.3 Å². The van der Waals surface area contributed by atoms with Gasteiger partial charge in [0.15, 0.2) is 11.0 Å². The number of nitrogens with one attached hydrogen (secondary N) is 1. The van der Waals surface area contributed by atoms with Gasteiger partial charge in [-0.1, -0.05) is 35.3 Å². The molecule has 0 spiro atoms. The summed E-state index contributed by atoms with van der Waals surface area (Å²) in [5.41, 5.74) is -1.31. The van der Waals surface area contributed by atoms with Crippen LogP contribution in [-0.4, -0.2) is 22.5 Å². The first-order valence-corrected chi connectivity index (χ1v) is 10.2. The molecular weight excluding hydrogens is 549 g/mol. The van der Waals surface area contributed by atoms with E-state index >= 15 is 0 Å². The summed E-state index contributed by atoms with van der Waals surface area (Å²) in [4.78, 5) is 7.65. The van der Waals surface area contributed by atoms with E-state index < -0.39 is 35.8 Å². The number of ether oxygens (including phenoxy) is 1. The van der Waals surface area contributed by atoms with Gasteiger partial charge in [-0.2, -0.15) is 45.8 Å². The van der Waals surface area contributed by atoms with Crippen molar-refractivity contribution in [3.05, 3.63) is 69.6 Å². The fraction of sp³-hybridized carbons (Fsp3) is 0.200. The lowest BCUT2D eigenvalue weighted by Crippen LogP contribution is -2.33. The monoisotopic (exact) mass is 559 g/mol. The fourth-order valence-corrected chi connectivity index (χ4v) is 2.83. The number of azo groups is 1. The lowest BCUT2D eigenvalue weighted by Gasteiger charge is -2.16. The minimum Gasteiger partial charge on any atom is -0.428 e. The van der Waals surface area contributed by atoms with E-state index in [1.165, 1.54) is 12.1 Å². The number of halogens is 10. The SMILES string of the molecule is Fc1ccc(Nc2nc(N=NCc3ccc(OC(F)(F)C(F)F)cc3)nc(Cl)c2Cl)cc1C(F)(F)F. The van der Waals surface area contributed by atoms with Gasteiger partial charge in [-0.15, -0.1) is 5.11 Å². The molecule has 0 bridgehead atoms. The molecule has 0 atom stereocenters. The molecule has 0 aliphatic carbocycles. The average molecular weight is 560 g/mol. The Morgan fingerprint density at radius 3 is 2.25 bits per heavy atom. The molecule has 0 saturated heterocycles. The number of nitrogens with zero attached hydrogens (tertiary/aromatic N) is 4. The van der Waals surface area contributed by atoms with E-state index in [0.717, 1.165) is 18.2 Å². The Hall–Kier alpha value is -3.26. The molecule has 0 aliphatic rings. The molecule has 1 N–H and O–H groups in total. The highest BCUT2D eigenvalue weighted by atomic mass is 35.5. The molecule has 0 amide bonds. The van der Waals surface area contributed by atoms with Crippen LogP contribution >= 0.6 is 23.2 Å². The predicted octanol–water partition coefficient (Wildman–Crippen LogP) is 8.21. The van der Waals surface area contributed by atoms with Gasteiger partial charge in [0.2, 0.25) is 0 Å². The van der Waals surface area contributed by atoms with E-state index in [1.807, 2.05) is 0 Å². The number of hydrogen-bond donors (Lipinski definition) is 1. The highest BCUT2D eigenvalue weighted by Gasteiger charge is 2.43. The summed E-state index contributed by atoms with van der Waals surface area (Å²) < 4.78 is 107. The van der Waals surface area contributed by atoms with Crippen LogP contribution in [0.5, 0.6) is 5.75 Å². The third-order valence-electron chi connectivity index (χ3n) is 4.18. The van der Waals surface area contributed by atoms with Crippen LogP contribution < -0.4 is 10.1 Å². The van der Waals surface area contributed by atoms with E-state index in [-0.39, 0.29) is 34.2 Å². The maximum absolute atomic E-state index is 13.5. The third kappa shape index (κ3) is 6.91. The number of anilines is 2. The van der Waals surface area contributed by atoms with Crippen molar-refractivity contribution in [3.63, 3.8) is 0 Å². The Kier molecular flexibility index (Phi) is 8.19. The van der Waals surface area contributed by atoms with Gasteiger partial charge >= 0.3 is 18.7 Å². The Bertz CT molecular complexity index is 1260. The molecule has 1 aromatic heterocycles. The van der Waals surface area contributed by atoms with Crippen LogP contribution in [0.15, 0.2) is 52.7 Å². The zero-order chi connectivity index (χ0) is 26.7. The van der Waals surface area contributed by atoms with E-state index in [9.17, 15) is 35.1 Å². The molecule has 3 rings (SSSR count). The molecule has 0 fully saturated rings. The first-order valence-electron chi connectivity index (χ1n) is 9.44. The maximum atomic E-state index is 13.5. The van der Waals surface area contributed by atoms with Gasteiger partial charge in [-0.3, -0.25) is 0 Å². The zero-order valence-electron chi connectivity index (χ0n) is 17.3. The van der Waals surface area contributed by atoms with Gasteiger partial charge in [0.1, 0.15) is 16.6 Å². The fourth-order valence-electron chi connectivity index (χ4n) is 2.54. The van der Waals surface area contributed by atoms with Crippen molar-refractivity contribution in [2.45, 2.75) is 25.3 Å². The number of benzene rings is 2. The van der Waals surface area contributed by atoms with Crippen LogP contribution in [0.3, 0.4) is 0 Å². The van der Waals surface area contributed by atoms with Gasteiger partial charge < -0.3 is 10.1 Å². The van der Waals surface area contributed by atoms with Crippen molar-refractivity contribution in [1.29, 1.82) is 0 Å². The third-order valence-corrected chi connectivity index (χ3v) is 4.91. The largest absolute Gasteiger partial charge is 0.461 e. The molecule has 3 aromatic rings. The first-order chi connectivity index (χ1) is 16.8. The van der Waals surface area contributed by atoms with Crippen LogP contribution in [0.2, 0.25) is 10.2 Å². The summed E-state index contributed by atoms with van der Waals surface area (Å²) >= 11 is 11.9. The van der Waals surface area contributed by atoms with Crippen LogP contribution in [0, 0.1) is 5.82 Å². The number of aromatic nitrogens is 2. The number of hydrogen-bond acceptors (Lipinski definition) is 6. The summed E-state index contributed by atoms with van der Waals surface area (Å²) in [7, 11) is 0. The van der Waals surface area contributed by atoms with Gasteiger partial charge in [0.25, 0.3) is 5.95 Å². The van der Waals surface area contributed by atoms with Gasteiger partial charge in [0, 0.05) is 5.69 Å². The minimum absolute atomic E-state index is 0.134. The molecule has 0 unspecified atom stereocenters. The standard InChI is InChI=1S/C20H11Cl2F8N5O/c21-14-15(22)33-18(34-16(14)32-10-3-6-13(23)12(7-10)19(26,27)28)35-31-8-9-1-4-11(5-2-9)36-20(29,30)17(24)25/h1-7,17H,8H2,(H,32,33,34). The molecular formula is C20H11Cl2F8N5O. The summed E-state index contributed by atoms with van der Waals surface area (Å²) in [6.07, 6.45) is -13.6. The quantitative estimate of drug-likeness (QED) is 0.171. The smallest absolute Gasteiger partial charge is 0.428 e. The van der Waals surface area contributed by atoms with E-state index in [1.54, 1.807) is 0 Å². The summed E-state index contributed by atoms with van der Waals surface area (Å²) in [6, 6.07) is 6.72. The van der Waals surface area contributed by atoms with E-state index in [0.29, 0.717) is 17.7 Å². The Balaban J connectivity index is 1.73. The Morgan fingerprint density at radius 2 is 1.64 bits per heavy atom. The second-order valence-corrected chi connectivity index (χ2v) is 7.54. The van der Waals surface area contributed by atoms with Crippen molar-refractivity contribution in [1.82, 2.24) is 9.97 Å². The average Bonchev–Trinajstić information content (AvgIpc) is 2.78. The van der Waals surface area contributed by atoms with Crippen LogP contribution in [0.1, 0.15) is 11.1 Å². The second kappa shape index (κ2) is 10.8. The summed E-state index contributed by atoms with van der Waals surface area (Å²) in [5.74, 6) is -2.57. The molecule has 0 radical (unpaired) electrons. The number of alkyl halides is 7. The van der Waals surface area contributed by atoms with Crippen molar-refractivity contribution >= 4 is 40.7 Å². The normalized spacial score (nSPS) is 12.4. The minimum atomic E-state index is -4.94. The predicted molar refractivity (Wildman–Crippen MR) is 113 cm³/mol. The Labute approximate surface area is 206 Å². The van der Waals surface area contributed by atoms with Crippen molar-refractivity contribution in [2.24, 2.45) is 10.2 Å². The Morgan fingerprint density at radius 1 is 0.972 bits per heavy atom. The summed E-state index contributed by atoms with van der Waals surface area (Å²) in [6.45, 7) is -0.134. The lowest BCUT2D eigenvalue weighted by atomic mass is 10.2. The highest BCUT2D eigenvalue weighted by Crippen LogP contribution is 2.36. The molecule has 2 aromatic carbocycles. The van der Waals surface area contributed by atoms with E-state index in [4.69, 9.17) is 23.2 Å². The molecule has 6 nitrogen and oxygen atoms in total. The van der Waals surface area contributed by atoms with Crippen molar-refractivity contribution in [3.8, 4) is 5.75 Å². The van der Waals surface area contributed by atoms with Gasteiger partial charge in [0.05, 0.1) is 12.1 Å². The van der Waals surface area contributed by atoms with Crippen LogP contribution in [-0.2, 0) is 12.7 Å². The number of rotatable bonds is 8. The molecule has 16 heteroatoms. The van der Waals surface area contributed by atoms with Crippen molar-refractivity contribution < 1.29 is 39.9 Å². The molecule has 0 aliphatic heterocycles. The molecule has 0 saturated carbocycles. The topological polar surface area (TPSA) is 71.8 Å². The summed E-state index contributed by atoms with van der Waals surface area (Å²) in [5, 5.41) is 9.39. The maximum Gasteiger partial charge on any atom is 0.461 e. The highest BCUT2D eigenvalue weighted by molar-refractivity contribution is 6.42. The first kappa shape index (κ1) is 27.3. The van der Waals surface area contributed by atoms with Gasteiger partial charge in [-0.25, -0.2) is 4.39 Å². The van der Waals surface area contributed by atoms with Crippen LogP contribution in [0.25, 0.3) is 0 Å². The lowest BCUT2D eigenvalue weighted by molar-refractivity contribution is -0.253. The van der Waals surface area contributed by atoms with Crippen LogP contribution in [0.4, 0.5) is 52.6 Å². The molecule has 1 heterocycles. The second-order valence-electron chi connectivity index (χ2n) is 6.80. The molecule has 36 heavy (non-hydrogen) atoms.